The Kier molecular flexibility index (Phi) is 5.45. The van der Waals surface area contributed by atoms with Gasteiger partial charge in [0.2, 0.25) is 0 Å². The molecule has 0 amide bonds. The van der Waals surface area contributed by atoms with Crippen molar-refractivity contribution < 1.29 is 19.4 Å². The third-order valence-corrected chi connectivity index (χ3v) is 2.62. The minimum Gasteiger partial charge on any atom is -0.497 e. The number of anilines is 1. The van der Waals surface area contributed by atoms with Crippen LogP contribution < -0.4 is 9.64 Å². The van der Waals surface area contributed by atoms with Gasteiger partial charge in [-0.25, -0.2) is 4.79 Å². The summed E-state index contributed by atoms with van der Waals surface area (Å²) in [5.74, 6) is -0.311. The maximum atomic E-state index is 11.2. The molecule has 0 aliphatic heterocycles. The topological polar surface area (TPSA) is 59.0 Å². The normalized spacial score (nSPS) is 10.2. The van der Waals surface area contributed by atoms with Gasteiger partial charge in [-0.3, -0.25) is 0 Å². The van der Waals surface area contributed by atoms with Crippen molar-refractivity contribution in [3.63, 3.8) is 0 Å². The number of ether oxygens (including phenoxy) is 2. The van der Waals surface area contributed by atoms with Crippen LogP contribution in [-0.2, 0) is 4.74 Å². The van der Waals surface area contributed by atoms with E-state index < -0.39 is 5.97 Å². The van der Waals surface area contributed by atoms with Gasteiger partial charge in [0.1, 0.15) is 5.75 Å². The molecule has 0 fully saturated rings. The first kappa shape index (κ1) is 14.3. The fourth-order valence-electron chi connectivity index (χ4n) is 1.60. The van der Waals surface area contributed by atoms with E-state index in [0.717, 1.165) is 0 Å². The predicted octanol–water partition coefficient (Wildman–Crippen LogP) is 1.87. The van der Waals surface area contributed by atoms with E-state index in [1.807, 2.05) is 18.9 Å². The number of hydrogen-bond donors (Lipinski definition) is 1. The van der Waals surface area contributed by atoms with Gasteiger partial charge in [-0.15, -0.1) is 0 Å². The summed E-state index contributed by atoms with van der Waals surface area (Å²) < 4.78 is 10.4. The Morgan fingerprint density at radius 1 is 1.44 bits per heavy atom. The third-order valence-electron chi connectivity index (χ3n) is 2.62. The molecule has 1 aromatic rings. The first-order valence-corrected chi connectivity index (χ1v) is 5.80. The van der Waals surface area contributed by atoms with Crippen LogP contribution in [0.5, 0.6) is 5.75 Å². The van der Waals surface area contributed by atoms with Gasteiger partial charge in [-0.2, -0.15) is 0 Å². The fourth-order valence-corrected chi connectivity index (χ4v) is 1.60. The molecule has 0 aliphatic carbocycles. The van der Waals surface area contributed by atoms with Crippen LogP contribution >= 0.6 is 0 Å². The van der Waals surface area contributed by atoms with E-state index in [1.165, 1.54) is 0 Å². The van der Waals surface area contributed by atoms with Crippen LogP contribution in [0.2, 0.25) is 0 Å². The predicted molar refractivity (Wildman–Crippen MR) is 69.7 cm³/mol. The van der Waals surface area contributed by atoms with Crippen molar-refractivity contribution in [1.29, 1.82) is 0 Å². The third kappa shape index (κ3) is 3.63. The van der Waals surface area contributed by atoms with Crippen molar-refractivity contribution in [3.8, 4) is 5.75 Å². The summed E-state index contributed by atoms with van der Waals surface area (Å²) in [6.45, 7) is 3.76. The highest BCUT2D eigenvalue weighted by Crippen LogP contribution is 2.25. The van der Waals surface area contributed by atoms with E-state index in [1.54, 1.807) is 25.3 Å². The Hall–Kier alpha value is -1.75. The second-order valence-electron chi connectivity index (χ2n) is 3.81. The highest BCUT2D eigenvalue weighted by molar-refractivity contribution is 5.94. The first-order valence-electron chi connectivity index (χ1n) is 5.80. The zero-order valence-electron chi connectivity index (χ0n) is 11.0. The molecule has 0 saturated heterocycles. The van der Waals surface area contributed by atoms with Gasteiger partial charge in [0.05, 0.1) is 25.0 Å². The molecule has 0 spiro atoms. The zero-order chi connectivity index (χ0) is 13.5. The average Bonchev–Trinajstić information content (AvgIpc) is 2.38. The Labute approximate surface area is 107 Å². The summed E-state index contributed by atoms with van der Waals surface area (Å²) in [5.41, 5.74) is 0.886. The van der Waals surface area contributed by atoms with Gasteiger partial charge in [0.25, 0.3) is 0 Å². The Balaban J connectivity index is 2.92. The number of methoxy groups -OCH3 is 1. The van der Waals surface area contributed by atoms with Gasteiger partial charge in [0, 0.05) is 26.3 Å². The molecular weight excluding hydrogens is 234 g/mol. The molecule has 0 heterocycles. The number of carbonyl (C=O) groups is 1. The number of benzene rings is 1. The lowest BCUT2D eigenvalue weighted by atomic mass is 10.1. The lowest BCUT2D eigenvalue weighted by Crippen LogP contribution is -2.24. The summed E-state index contributed by atoms with van der Waals surface area (Å²) in [7, 11) is 3.39. The van der Waals surface area contributed by atoms with Gasteiger partial charge in [0.15, 0.2) is 0 Å². The monoisotopic (exact) mass is 253 g/mol. The standard InChI is InChI=1S/C13H19NO4/c1-4-18-8-7-14(2)12-9-10(17-3)5-6-11(12)13(15)16/h5-6,9H,4,7-8H2,1-3H3,(H,15,16). The molecule has 0 aromatic heterocycles. The summed E-state index contributed by atoms with van der Waals surface area (Å²) in [6, 6.07) is 4.91. The van der Waals surface area contributed by atoms with Crippen LogP contribution in [0.15, 0.2) is 18.2 Å². The molecule has 0 bridgehead atoms. The average molecular weight is 253 g/mol. The number of rotatable bonds is 7. The highest BCUT2D eigenvalue weighted by atomic mass is 16.5. The van der Waals surface area contributed by atoms with Crippen LogP contribution in [0.4, 0.5) is 5.69 Å². The molecule has 18 heavy (non-hydrogen) atoms. The van der Waals surface area contributed by atoms with E-state index in [4.69, 9.17) is 14.6 Å². The van der Waals surface area contributed by atoms with Crippen molar-refractivity contribution in [1.82, 2.24) is 0 Å². The molecule has 0 radical (unpaired) electrons. The zero-order valence-corrected chi connectivity index (χ0v) is 11.0. The molecule has 5 nitrogen and oxygen atoms in total. The van der Waals surface area contributed by atoms with Crippen LogP contribution in [0.3, 0.4) is 0 Å². The SMILES string of the molecule is CCOCCN(C)c1cc(OC)ccc1C(=O)O. The van der Waals surface area contributed by atoms with Crippen LogP contribution in [0.1, 0.15) is 17.3 Å². The molecule has 100 valence electrons. The van der Waals surface area contributed by atoms with Crippen LogP contribution in [0.25, 0.3) is 0 Å². The summed E-state index contributed by atoms with van der Waals surface area (Å²) in [5, 5.41) is 9.15. The van der Waals surface area contributed by atoms with E-state index in [0.29, 0.717) is 31.2 Å². The number of carboxylic acid groups (broad SMARTS) is 1. The molecule has 0 unspecified atom stereocenters. The Morgan fingerprint density at radius 3 is 2.72 bits per heavy atom. The van der Waals surface area contributed by atoms with Gasteiger partial charge >= 0.3 is 5.97 Å². The molecule has 5 heteroatoms. The van der Waals surface area contributed by atoms with Crippen molar-refractivity contribution in [2.75, 3.05) is 38.8 Å². The minimum atomic E-state index is -0.948. The Morgan fingerprint density at radius 2 is 2.17 bits per heavy atom. The summed E-state index contributed by atoms with van der Waals surface area (Å²) >= 11 is 0. The highest BCUT2D eigenvalue weighted by Gasteiger charge is 2.14. The molecule has 1 aromatic carbocycles. The maximum Gasteiger partial charge on any atom is 0.337 e. The smallest absolute Gasteiger partial charge is 0.337 e. The molecular formula is C13H19NO4. The molecule has 0 saturated carbocycles. The fraction of sp³-hybridized carbons (Fsp3) is 0.462. The number of aromatic carboxylic acids is 1. The quantitative estimate of drug-likeness (QED) is 0.752. The van der Waals surface area contributed by atoms with Crippen LogP contribution in [0, 0.1) is 0 Å². The number of carboxylic acids is 1. The summed E-state index contributed by atoms with van der Waals surface area (Å²) in [4.78, 5) is 13.0. The van der Waals surface area contributed by atoms with Crippen molar-refractivity contribution in [2.45, 2.75) is 6.92 Å². The van der Waals surface area contributed by atoms with E-state index in [2.05, 4.69) is 0 Å². The van der Waals surface area contributed by atoms with Gasteiger partial charge < -0.3 is 19.5 Å². The second kappa shape index (κ2) is 6.86. The van der Waals surface area contributed by atoms with Crippen molar-refractivity contribution in [2.24, 2.45) is 0 Å². The largest absolute Gasteiger partial charge is 0.497 e. The number of hydrogen-bond acceptors (Lipinski definition) is 4. The number of nitrogens with zero attached hydrogens (tertiary/aromatic N) is 1. The lowest BCUT2D eigenvalue weighted by molar-refractivity contribution is 0.0697. The van der Waals surface area contributed by atoms with Crippen LogP contribution in [-0.4, -0.2) is 45.0 Å². The molecule has 0 atom stereocenters. The lowest BCUT2D eigenvalue weighted by Gasteiger charge is -2.21. The van der Waals surface area contributed by atoms with Gasteiger partial charge in [-0.05, 0) is 19.1 Å². The van der Waals surface area contributed by atoms with E-state index in [9.17, 15) is 4.79 Å². The first-order chi connectivity index (χ1) is 8.60. The minimum absolute atomic E-state index is 0.259. The maximum absolute atomic E-state index is 11.2. The van der Waals surface area contributed by atoms with Crippen molar-refractivity contribution in [3.05, 3.63) is 23.8 Å². The van der Waals surface area contributed by atoms with E-state index >= 15 is 0 Å². The second-order valence-corrected chi connectivity index (χ2v) is 3.81. The van der Waals surface area contributed by atoms with Crippen molar-refractivity contribution >= 4 is 11.7 Å². The van der Waals surface area contributed by atoms with Gasteiger partial charge in [-0.1, -0.05) is 0 Å². The number of likely N-dealkylation sites (N-methyl/N-ethyl adjacent to an activating group) is 1. The Bertz CT molecular complexity index is 406. The summed E-state index contributed by atoms with van der Waals surface area (Å²) in [6.07, 6.45) is 0. The molecule has 0 aliphatic rings. The molecule has 1 rings (SSSR count). The van der Waals surface area contributed by atoms with E-state index in [-0.39, 0.29) is 5.56 Å². The molecule has 1 N–H and O–H groups in total.